The van der Waals surface area contributed by atoms with Gasteiger partial charge in [0, 0.05) is 32.1 Å². The number of hydrogen-bond acceptors (Lipinski definition) is 8. The summed E-state index contributed by atoms with van der Waals surface area (Å²) in [6.07, 6.45) is 2.39. The quantitative estimate of drug-likeness (QED) is 0.679. The first-order valence-electron chi connectivity index (χ1n) is 11.4. The number of anilines is 2. The molecule has 3 aliphatic heterocycles. The van der Waals surface area contributed by atoms with E-state index in [-0.39, 0.29) is 12.1 Å². The smallest absolute Gasteiger partial charge is 0.320 e. The Bertz CT molecular complexity index is 1100. The second-order valence-corrected chi connectivity index (χ2v) is 8.35. The van der Waals surface area contributed by atoms with Crippen molar-refractivity contribution in [1.82, 2.24) is 14.8 Å². The number of carbonyl (C=O) groups excluding carboxylic acids is 1. The minimum absolute atomic E-state index is 0.0553. The summed E-state index contributed by atoms with van der Waals surface area (Å²) in [4.78, 5) is 22.8. The number of rotatable bonds is 4. The van der Waals surface area contributed by atoms with Gasteiger partial charge in [-0.2, -0.15) is 5.26 Å². The van der Waals surface area contributed by atoms with Gasteiger partial charge in [-0.25, -0.2) is 9.78 Å². The fourth-order valence-electron chi connectivity index (χ4n) is 4.52. The predicted octanol–water partition coefficient (Wildman–Crippen LogP) is 2.40. The largest absolute Gasteiger partial charge is 0.490 e. The number of urea groups is 1. The second kappa shape index (κ2) is 9.65. The zero-order valence-electron chi connectivity index (χ0n) is 19.1. The lowest BCUT2D eigenvalue weighted by Crippen LogP contribution is -2.47. The molecule has 10 nitrogen and oxygen atoms in total. The molecule has 1 aromatic heterocycles. The summed E-state index contributed by atoms with van der Waals surface area (Å²) in [5.41, 5.74) is 2.00. The fourth-order valence-corrected chi connectivity index (χ4v) is 4.52. The van der Waals surface area contributed by atoms with Crippen molar-refractivity contribution >= 4 is 17.4 Å². The average molecular weight is 466 g/mol. The molecule has 2 fully saturated rings. The molecule has 1 atom stereocenters. The van der Waals surface area contributed by atoms with Gasteiger partial charge in [0.05, 0.1) is 51.0 Å². The number of likely N-dealkylation sites (tertiary alicyclic amines) is 1. The molecule has 10 heteroatoms. The molecule has 0 spiro atoms. The lowest BCUT2D eigenvalue weighted by atomic mass is 10.2. The van der Waals surface area contributed by atoms with Crippen molar-refractivity contribution in [2.45, 2.75) is 12.5 Å². The zero-order chi connectivity index (χ0) is 23.5. The van der Waals surface area contributed by atoms with E-state index in [1.807, 2.05) is 28.0 Å². The summed E-state index contributed by atoms with van der Waals surface area (Å²) >= 11 is 0. The van der Waals surface area contributed by atoms with Crippen molar-refractivity contribution in [1.29, 1.82) is 5.26 Å². The van der Waals surface area contributed by atoms with Crippen molar-refractivity contribution in [2.24, 2.45) is 0 Å². The number of nitriles is 1. The summed E-state index contributed by atoms with van der Waals surface area (Å²) in [6, 6.07) is 9.68. The molecule has 4 heterocycles. The van der Waals surface area contributed by atoms with E-state index in [1.165, 1.54) is 7.11 Å². The molecule has 1 unspecified atom stereocenters. The summed E-state index contributed by atoms with van der Waals surface area (Å²) in [6.45, 7) is 4.81. The maximum Gasteiger partial charge on any atom is 0.320 e. The normalized spacial score (nSPS) is 19.8. The topological polar surface area (TPSA) is 100 Å². The number of nitrogens with zero attached hydrogens (tertiary/aromatic N) is 5. The minimum Gasteiger partial charge on any atom is -0.490 e. The number of ether oxygens (including phenoxy) is 4. The van der Waals surface area contributed by atoms with E-state index >= 15 is 0 Å². The van der Waals surface area contributed by atoms with Crippen LogP contribution in [0.15, 0.2) is 30.5 Å². The third kappa shape index (κ3) is 4.39. The molecule has 178 valence electrons. The highest BCUT2D eigenvalue weighted by atomic mass is 16.5. The van der Waals surface area contributed by atoms with Crippen molar-refractivity contribution in [2.75, 3.05) is 64.6 Å². The maximum absolute atomic E-state index is 12.8. The standard InChI is InChI=1S/C24H27N5O5/c1-31-23-17(14-25)12-18(15-26-23)29-8-11-33-22-3-2-19(13-21(22)29)34-20-4-5-28(16-20)24(30)27-6-9-32-10-7-27/h2-3,12-13,15,20H,4-11,16H2,1H3. The summed E-state index contributed by atoms with van der Waals surface area (Å²) in [5.74, 6) is 1.75. The molecule has 0 saturated carbocycles. The van der Waals surface area contributed by atoms with Crippen LogP contribution in [0.4, 0.5) is 16.2 Å². The molecular weight excluding hydrogens is 438 g/mol. The van der Waals surface area contributed by atoms with Crippen LogP contribution in [-0.4, -0.2) is 86.6 Å². The van der Waals surface area contributed by atoms with E-state index in [2.05, 4.69) is 16.0 Å². The van der Waals surface area contributed by atoms with Crippen LogP contribution in [0.25, 0.3) is 0 Å². The molecule has 5 rings (SSSR count). The first-order chi connectivity index (χ1) is 16.7. The van der Waals surface area contributed by atoms with Crippen LogP contribution in [0.2, 0.25) is 0 Å². The number of aromatic nitrogens is 1. The number of methoxy groups -OCH3 is 1. The molecule has 0 N–H and O–H groups in total. The van der Waals surface area contributed by atoms with Gasteiger partial charge in [-0.05, 0) is 18.2 Å². The van der Waals surface area contributed by atoms with Gasteiger partial charge in [-0.15, -0.1) is 0 Å². The van der Waals surface area contributed by atoms with Crippen LogP contribution < -0.4 is 19.1 Å². The number of fused-ring (bicyclic) bond motifs is 1. The van der Waals surface area contributed by atoms with E-state index < -0.39 is 0 Å². The van der Waals surface area contributed by atoms with Crippen molar-refractivity contribution in [3.8, 4) is 23.4 Å². The Labute approximate surface area is 198 Å². The molecule has 2 amide bonds. The predicted molar refractivity (Wildman–Crippen MR) is 123 cm³/mol. The highest BCUT2D eigenvalue weighted by molar-refractivity contribution is 5.75. The molecule has 34 heavy (non-hydrogen) atoms. The highest BCUT2D eigenvalue weighted by Gasteiger charge is 2.31. The number of morpholine rings is 1. The SMILES string of the molecule is COc1ncc(N2CCOc3ccc(OC4CCN(C(=O)N5CCOCC5)C4)cc32)cc1C#N. The van der Waals surface area contributed by atoms with Gasteiger partial charge in [-0.3, -0.25) is 0 Å². The molecule has 2 saturated heterocycles. The van der Waals surface area contributed by atoms with E-state index in [9.17, 15) is 10.1 Å². The second-order valence-electron chi connectivity index (χ2n) is 8.35. The first kappa shape index (κ1) is 22.1. The van der Waals surface area contributed by atoms with Crippen LogP contribution >= 0.6 is 0 Å². The summed E-state index contributed by atoms with van der Waals surface area (Å²) in [7, 11) is 1.50. The van der Waals surface area contributed by atoms with Gasteiger partial charge in [0.15, 0.2) is 0 Å². The van der Waals surface area contributed by atoms with Gasteiger partial charge >= 0.3 is 6.03 Å². The van der Waals surface area contributed by atoms with Gasteiger partial charge in [0.2, 0.25) is 5.88 Å². The van der Waals surface area contributed by atoms with Gasteiger partial charge in [0.1, 0.15) is 35.8 Å². The average Bonchev–Trinajstić information content (AvgIpc) is 3.36. The Morgan fingerprint density at radius 3 is 2.79 bits per heavy atom. The number of pyridine rings is 1. The number of carbonyl (C=O) groups is 1. The van der Waals surface area contributed by atoms with Crippen LogP contribution in [-0.2, 0) is 4.74 Å². The third-order valence-electron chi connectivity index (χ3n) is 6.26. The number of benzene rings is 1. The lowest BCUT2D eigenvalue weighted by molar-refractivity contribution is 0.0443. The van der Waals surface area contributed by atoms with Crippen LogP contribution in [0.1, 0.15) is 12.0 Å². The first-order valence-corrected chi connectivity index (χ1v) is 11.4. The third-order valence-corrected chi connectivity index (χ3v) is 6.26. The Hall–Kier alpha value is -3.71. The van der Waals surface area contributed by atoms with Crippen LogP contribution in [0.3, 0.4) is 0 Å². The van der Waals surface area contributed by atoms with E-state index in [1.54, 1.807) is 12.3 Å². The van der Waals surface area contributed by atoms with E-state index in [0.29, 0.717) is 69.7 Å². The van der Waals surface area contributed by atoms with Gasteiger partial charge < -0.3 is 33.6 Å². The van der Waals surface area contributed by atoms with E-state index in [0.717, 1.165) is 23.5 Å². The Kier molecular flexibility index (Phi) is 6.27. The Morgan fingerprint density at radius 2 is 2.00 bits per heavy atom. The van der Waals surface area contributed by atoms with Crippen LogP contribution in [0.5, 0.6) is 17.4 Å². The molecular formula is C24H27N5O5. The number of hydrogen-bond donors (Lipinski definition) is 0. The monoisotopic (exact) mass is 465 g/mol. The lowest BCUT2D eigenvalue weighted by Gasteiger charge is -2.32. The van der Waals surface area contributed by atoms with Crippen molar-refractivity contribution in [3.63, 3.8) is 0 Å². The minimum atomic E-state index is -0.0751. The van der Waals surface area contributed by atoms with Crippen molar-refractivity contribution in [3.05, 3.63) is 36.0 Å². The van der Waals surface area contributed by atoms with Crippen molar-refractivity contribution < 1.29 is 23.7 Å². The fraction of sp³-hybridized carbons (Fsp3) is 0.458. The maximum atomic E-state index is 12.8. The van der Waals surface area contributed by atoms with Gasteiger partial charge in [-0.1, -0.05) is 0 Å². The molecule has 1 aromatic carbocycles. The Balaban J connectivity index is 1.30. The zero-order valence-corrected chi connectivity index (χ0v) is 19.1. The summed E-state index contributed by atoms with van der Waals surface area (Å²) in [5, 5.41) is 9.44. The van der Waals surface area contributed by atoms with E-state index in [4.69, 9.17) is 18.9 Å². The molecule has 0 radical (unpaired) electrons. The molecule has 2 aromatic rings. The molecule has 0 bridgehead atoms. The Morgan fingerprint density at radius 1 is 1.15 bits per heavy atom. The molecule has 0 aliphatic carbocycles. The van der Waals surface area contributed by atoms with Gasteiger partial charge in [0.25, 0.3) is 0 Å². The molecule has 3 aliphatic rings. The summed E-state index contributed by atoms with van der Waals surface area (Å²) < 4.78 is 22.6. The highest BCUT2D eigenvalue weighted by Crippen LogP contribution is 2.40. The number of amides is 2. The van der Waals surface area contributed by atoms with Crippen LogP contribution in [0, 0.1) is 11.3 Å².